The van der Waals surface area contributed by atoms with Gasteiger partial charge in [0.2, 0.25) is 0 Å². The van der Waals surface area contributed by atoms with Gasteiger partial charge in [0.1, 0.15) is 6.61 Å². The van der Waals surface area contributed by atoms with Crippen molar-refractivity contribution in [3.8, 4) is 0 Å². The number of allylic oxidation sites excluding steroid dienone is 4. The van der Waals surface area contributed by atoms with E-state index >= 15 is 0 Å². The van der Waals surface area contributed by atoms with Crippen LogP contribution in [0.4, 0.5) is 0 Å². The first-order chi connectivity index (χ1) is 32.3. The average Bonchev–Trinajstić information content (AvgIpc) is 3.31. The molecular weight excluding hydrogens is 846 g/mol. The van der Waals surface area contributed by atoms with Crippen molar-refractivity contribution in [2.45, 2.75) is 296 Å². The van der Waals surface area contributed by atoms with E-state index in [0.717, 1.165) is 38.5 Å². The first-order valence-corrected chi connectivity index (χ1v) is 29.8. The number of carbonyl (C=O) groups excluding carboxylic acids is 2. The van der Waals surface area contributed by atoms with Gasteiger partial charge in [-0.1, -0.05) is 256 Å². The third-order valence-electron chi connectivity index (χ3n) is 12.6. The van der Waals surface area contributed by atoms with Gasteiger partial charge in [-0.25, -0.2) is 4.57 Å². The number of ether oxygens (including phenoxy) is 2. The number of hydrogen-bond acceptors (Lipinski definition) is 8. The van der Waals surface area contributed by atoms with E-state index in [1.165, 1.54) is 218 Å². The van der Waals surface area contributed by atoms with Gasteiger partial charge in [0.15, 0.2) is 6.10 Å². The molecule has 2 unspecified atom stereocenters. The van der Waals surface area contributed by atoms with E-state index < -0.39 is 26.5 Å². The minimum atomic E-state index is -4.38. The van der Waals surface area contributed by atoms with E-state index in [2.05, 4.69) is 38.2 Å². The van der Waals surface area contributed by atoms with Crippen LogP contribution in [0.3, 0.4) is 0 Å². The molecule has 9 nitrogen and oxygen atoms in total. The summed E-state index contributed by atoms with van der Waals surface area (Å²) in [6, 6.07) is 0. The molecule has 0 aromatic heterocycles. The highest BCUT2D eigenvalue weighted by Crippen LogP contribution is 2.43. The molecule has 390 valence electrons. The van der Waals surface area contributed by atoms with Gasteiger partial charge in [0.05, 0.1) is 13.2 Å². The number of esters is 2. The Bertz CT molecular complexity index is 1130. The maximum absolute atomic E-state index is 12.7. The fourth-order valence-corrected chi connectivity index (χ4v) is 9.14. The molecule has 0 saturated heterocycles. The SMILES string of the molecule is CCCCCCC/C=C\C/C=C\CCCCCCCCCCCCCCCCCCCC(=O)OC(COC(=O)CCCCCCCCCCCCCCCCCC)COP(=O)(O)OCCN. The number of nitrogens with two attached hydrogens (primary N) is 1. The first kappa shape index (κ1) is 64.5. The molecule has 0 aliphatic carbocycles. The topological polar surface area (TPSA) is 134 Å². The predicted octanol–water partition coefficient (Wildman–Crippen LogP) is 17.5. The van der Waals surface area contributed by atoms with Gasteiger partial charge in [-0.3, -0.25) is 18.6 Å². The second kappa shape index (κ2) is 52.9. The monoisotopic (exact) mass is 954 g/mol. The van der Waals surface area contributed by atoms with Crippen molar-refractivity contribution in [3.63, 3.8) is 0 Å². The number of phosphoric acid groups is 1. The molecule has 3 N–H and O–H groups in total. The number of unbranched alkanes of at least 4 members (excludes halogenated alkanes) is 37. The Hall–Kier alpha value is -1.51. The van der Waals surface area contributed by atoms with Crippen molar-refractivity contribution in [1.29, 1.82) is 0 Å². The standard InChI is InChI=1S/C56H108NO8P/c1-3-5-7-9-11-13-15-17-19-21-22-23-24-25-26-27-28-29-30-31-32-33-35-37-39-41-43-45-47-49-56(59)65-54(53-64-66(60,61)63-51-50-57)52-62-55(58)48-46-44-42-40-38-36-34-20-18-16-14-12-10-8-6-4-2/h15,17,21-22,54H,3-14,16,18-20,23-53,57H2,1-2H3,(H,60,61)/b17-15-,22-21-. The molecule has 0 radical (unpaired) electrons. The number of phosphoric ester groups is 1. The van der Waals surface area contributed by atoms with Crippen LogP contribution in [0.15, 0.2) is 24.3 Å². The smallest absolute Gasteiger partial charge is 0.462 e. The van der Waals surface area contributed by atoms with E-state index in [4.69, 9.17) is 24.3 Å². The summed E-state index contributed by atoms with van der Waals surface area (Å²) >= 11 is 0. The van der Waals surface area contributed by atoms with Crippen LogP contribution in [0.25, 0.3) is 0 Å². The van der Waals surface area contributed by atoms with E-state index in [9.17, 15) is 19.0 Å². The number of carbonyl (C=O) groups is 2. The van der Waals surface area contributed by atoms with Gasteiger partial charge in [-0.05, 0) is 44.9 Å². The summed E-state index contributed by atoms with van der Waals surface area (Å²) in [6.07, 6.45) is 60.9. The van der Waals surface area contributed by atoms with Crippen LogP contribution in [0, 0.1) is 0 Å². The van der Waals surface area contributed by atoms with Gasteiger partial charge >= 0.3 is 19.8 Å². The van der Waals surface area contributed by atoms with Gasteiger partial charge in [-0.2, -0.15) is 0 Å². The molecular formula is C56H108NO8P. The Kier molecular flexibility index (Phi) is 51.6. The molecule has 0 heterocycles. The number of rotatable bonds is 54. The van der Waals surface area contributed by atoms with Crippen LogP contribution in [0.1, 0.15) is 290 Å². The van der Waals surface area contributed by atoms with Crippen LogP contribution in [-0.4, -0.2) is 49.3 Å². The molecule has 66 heavy (non-hydrogen) atoms. The summed E-state index contributed by atoms with van der Waals surface area (Å²) in [7, 11) is -4.38. The summed E-state index contributed by atoms with van der Waals surface area (Å²) in [5.41, 5.74) is 5.38. The summed E-state index contributed by atoms with van der Waals surface area (Å²) in [5.74, 6) is -0.810. The Balaban J connectivity index is 3.90. The third kappa shape index (κ3) is 51.9. The summed E-state index contributed by atoms with van der Waals surface area (Å²) in [6.45, 7) is 3.78. The van der Waals surface area contributed by atoms with Crippen LogP contribution < -0.4 is 5.73 Å². The lowest BCUT2D eigenvalue weighted by Crippen LogP contribution is -2.29. The highest BCUT2D eigenvalue weighted by atomic mass is 31.2. The van der Waals surface area contributed by atoms with E-state index in [1.54, 1.807) is 0 Å². The quantitative estimate of drug-likeness (QED) is 0.0264. The van der Waals surface area contributed by atoms with Gasteiger partial charge < -0.3 is 20.1 Å². The van der Waals surface area contributed by atoms with Crippen LogP contribution >= 0.6 is 7.82 Å². The maximum Gasteiger partial charge on any atom is 0.472 e. The Morgan fingerprint density at radius 3 is 1.15 bits per heavy atom. The molecule has 0 spiro atoms. The van der Waals surface area contributed by atoms with Crippen molar-refractivity contribution >= 4 is 19.8 Å². The lowest BCUT2D eigenvalue weighted by molar-refractivity contribution is -0.161. The summed E-state index contributed by atoms with van der Waals surface area (Å²) < 4.78 is 33.0. The average molecular weight is 954 g/mol. The molecule has 0 aliphatic heterocycles. The minimum Gasteiger partial charge on any atom is -0.462 e. The predicted molar refractivity (Wildman–Crippen MR) is 280 cm³/mol. The molecule has 0 aromatic carbocycles. The van der Waals surface area contributed by atoms with Crippen molar-refractivity contribution in [3.05, 3.63) is 24.3 Å². The highest BCUT2D eigenvalue weighted by molar-refractivity contribution is 7.47. The second-order valence-corrected chi connectivity index (χ2v) is 20.6. The molecule has 10 heteroatoms. The van der Waals surface area contributed by atoms with Gasteiger partial charge in [0, 0.05) is 19.4 Å². The molecule has 0 aliphatic rings. The van der Waals surface area contributed by atoms with Gasteiger partial charge in [0.25, 0.3) is 0 Å². The zero-order valence-corrected chi connectivity index (χ0v) is 44.3. The van der Waals surface area contributed by atoms with E-state index in [0.29, 0.717) is 6.42 Å². The Labute approximate surface area is 408 Å². The Morgan fingerprint density at radius 2 is 0.788 bits per heavy atom. The maximum atomic E-state index is 12.7. The van der Waals surface area contributed by atoms with E-state index in [-0.39, 0.29) is 38.6 Å². The minimum absolute atomic E-state index is 0.0564. The highest BCUT2D eigenvalue weighted by Gasteiger charge is 2.26. The molecule has 0 amide bonds. The molecule has 2 atom stereocenters. The van der Waals surface area contributed by atoms with Crippen LogP contribution in [0.2, 0.25) is 0 Å². The number of hydrogen-bond donors (Lipinski definition) is 2. The fourth-order valence-electron chi connectivity index (χ4n) is 8.37. The van der Waals surface area contributed by atoms with Crippen LogP contribution in [0.5, 0.6) is 0 Å². The van der Waals surface area contributed by atoms with Crippen LogP contribution in [-0.2, 0) is 32.7 Å². The zero-order valence-electron chi connectivity index (χ0n) is 43.5. The molecule has 0 fully saturated rings. The van der Waals surface area contributed by atoms with Crippen molar-refractivity contribution < 1.29 is 37.6 Å². The van der Waals surface area contributed by atoms with Crippen molar-refractivity contribution in [1.82, 2.24) is 0 Å². The summed E-state index contributed by atoms with van der Waals surface area (Å²) in [4.78, 5) is 35.1. The lowest BCUT2D eigenvalue weighted by Gasteiger charge is -2.19. The Morgan fingerprint density at radius 1 is 0.455 bits per heavy atom. The summed E-state index contributed by atoms with van der Waals surface area (Å²) in [5, 5.41) is 0. The normalized spacial score (nSPS) is 13.2. The molecule has 0 bridgehead atoms. The third-order valence-corrected chi connectivity index (χ3v) is 13.6. The fraction of sp³-hybridized carbons (Fsp3) is 0.893. The van der Waals surface area contributed by atoms with Crippen molar-refractivity contribution in [2.75, 3.05) is 26.4 Å². The molecule has 0 rings (SSSR count). The lowest BCUT2D eigenvalue weighted by atomic mass is 10.0. The second-order valence-electron chi connectivity index (χ2n) is 19.2. The first-order valence-electron chi connectivity index (χ1n) is 28.3. The molecule has 0 aromatic rings. The largest absolute Gasteiger partial charge is 0.472 e. The van der Waals surface area contributed by atoms with E-state index in [1.807, 2.05) is 0 Å². The molecule has 0 saturated carbocycles. The van der Waals surface area contributed by atoms with Gasteiger partial charge in [-0.15, -0.1) is 0 Å². The zero-order chi connectivity index (χ0) is 48.1. The van der Waals surface area contributed by atoms with Crippen molar-refractivity contribution in [2.24, 2.45) is 5.73 Å².